The van der Waals surface area contributed by atoms with Crippen LogP contribution in [0.2, 0.25) is 10.0 Å². The SMILES string of the molecule is N=c1c(Cl)cc(Cl)cn1C(C=O)(Cc1ccccc1)Cc1ccccc1. The molecule has 3 aromatic rings. The topological polar surface area (TPSA) is 45.9 Å². The summed E-state index contributed by atoms with van der Waals surface area (Å²) in [4.78, 5) is 12.4. The number of hydrogen-bond acceptors (Lipinski definition) is 2. The van der Waals surface area contributed by atoms with Crippen molar-refractivity contribution in [3.05, 3.63) is 99.6 Å². The molecule has 5 heteroatoms. The molecule has 1 heterocycles. The number of hydrogen-bond donors (Lipinski definition) is 1. The summed E-state index contributed by atoms with van der Waals surface area (Å²) in [5.41, 5.74) is 1.06. The van der Waals surface area contributed by atoms with Gasteiger partial charge in [0, 0.05) is 19.0 Å². The van der Waals surface area contributed by atoms with Gasteiger partial charge >= 0.3 is 0 Å². The van der Waals surface area contributed by atoms with Gasteiger partial charge in [0.05, 0.1) is 10.0 Å². The standard InChI is InChI=1S/C21H18Cl2N2O/c22-18-11-19(23)20(24)25(14-18)21(15-26,12-16-7-3-1-4-8-16)13-17-9-5-2-6-10-17/h1-11,14-15,24H,12-13H2. The lowest BCUT2D eigenvalue weighted by Crippen LogP contribution is -2.46. The van der Waals surface area contributed by atoms with Crippen LogP contribution < -0.4 is 5.49 Å². The van der Waals surface area contributed by atoms with Gasteiger partial charge in [0.2, 0.25) is 0 Å². The summed E-state index contributed by atoms with van der Waals surface area (Å²) in [7, 11) is 0. The van der Waals surface area contributed by atoms with Gasteiger partial charge in [-0.25, -0.2) is 0 Å². The number of rotatable bonds is 6. The fourth-order valence-electron chi connectivity index (χ4n) is 3.15. The van der Waals surface area contributed by atoms with Crippen molar-refractivity contribution < 1.29 is 4.79 Å². The van der Waals surface area contributed by atoms with Crippen LogP contribution in [0, 0.1) is 5.41 Å². The number of halogens is 2. The average Bonchev–Trinajstić information content (AvgIpc) is 2.66. The Labute approximate surface area is 162 Å². The number of carbonyl (C=O) groups is 1. The molecule has 3 rings (SSSR count). The Kier molecular flexibility index (Phi) is 5.60. The second kappa shape index (κ2) is 7.90. The van der Waals surface area contributed by atoms with Gasteiger partial charge in [-0.05, 0) is 17.2 Å². The molecular weight excluding hydrogens is 367 g/mol. The van der Waals surface area contributed by atoms with Crippen LogP contribution in [0.15, 0.2) is 72.9 Å². The summed E-state index contributed by atoms with van der Waals surface area (Å²) < 4.78 is 1.59. The van der Waals surface area contributed by atoms with E-state index in [2.05, 4.69) is 0 Å². The number of aromatic nitrogens is 1. The maximum atomic E-state index is 12.4. The number of aldehydes is 1. The molecule has 0 aliphatic rings. The first-order valence-electron chi connectivity index (χ1n) is 8.21. The third-order valence-corrected chi connectivity index (χ3v) is 4.88. The Bertz CT molecular complexity index is 911. The highest BCUT2D eigenvalue weighted by Crippen LogP contribution is 2.26. The van der Waals surface area contributed by atoms with Crippen molar-refractivity contribution in [1.82, 2.24) is 4.57 Å². The molecule has 0 unspecified atom stereocenters. The predicted octanol–water partition coefficient (Wildman–Crippen LogP) is 4.65. The molecule has 132 valence electrons. The van der Waals surface area contributed by atoms with Crippen LogP contribution in [0.1, 0.15) is 11.1 Å². The quantitative estimate of drug-likeness (QED) is 0.617. The lowest BCUT2D eigenvalue weighted by molar-refractivity contribution is -0.115. The Morgan fingerprint density at radius 3 is 1.88 bits per heavy atom. The van der Waals surface area contributed by atoms with Crippen molar-refractivity contribution in [1.29, 1.82) is 5.41 Å². The van der Waals surface area contributed by atoms with Crippen molar-refractivity contribution in [2.24, 2.45) is 0 Å². The van der Waals surface area contributed by atoms with Crippen LogP contribution in [0.4, 0.5) is 0 Å². The van der Waals surface area contributed by atoms with Crippen LogP contribution in [0.25, 0.3) is 0 Å². The molecule has 0 aliphatic heterocycles. The Hall–Kier alpha value is -2.36. The molecule has 1 aromatic heterocycles. The zero-order chi connectivity index (χ0) is 18.6. The molecule has 0 amide bonds. The van der Waals surface area contributed by atoms with E-state index < -0.39 is 5.54 Å². The van der Waals surface area contributed by atoms with Gasteiger partial charge in [0.15, 0.2) is 0 Å². The van der Waals surface area contributed by atoms with Gasteiger partial charge in [-0.2, -0.15) is 0 Å². The van der Waals surface area contributed by atoms with E-state index in [0.717, 1.165) is 17.4 Å². The molecule has 2 aromatic carbocycles. The summed E-state index contributed by atoms with van der Waals surface area (Å²) in [6.45, 7) is 0. The maximum absolute atomic E-state index is 12.4. The first kappa shape index (κ1) is 18.4. The smallest absolute Gasteiger partial charge is 0.146 e. The Balaban J connectivity index is 2.17. The lowest BCUT2D eigenvalue weighted by atomic mass is 9.85. The lowest BCUT2D eigenvalue weighted by Gasteiger charge is -2.32. The van der Waals surface area contributed by atoms with Crippen LogP contribution in [-0.4, -0.2) is 10.9 Å². The number of nitrogens with zero attached hydrogens (tertiary/aromatic N) is 1. The molecule has 0 radical (unpaired) electrons. The zero-order valence-corrected chi connectivity index (χ0v) is 15.5. The molecular formula is C21H18Cl2N2O. The first-order chi connectivity index (χ1) is 12.5. The van der Waals surface area contributed by atoms with Crippen LogP contribution in [0.5, 0.6) is 0 Å². The van der Waals surface area contributed by atoms with Gasteiger partial charge in [-0.15, -0.1) is 0 Å². The highest BCUT2D eigenvalue weighted by Gasteiger charge is 2.33. The van der Waals surface area contributed by atoms with E-state index in [9.17, 15) is 4.79 Å². The highest BCUT2D eigenvalue weighted by molar-refractivity contribution is 6.34. The third-order valence-electron chi connectivity index (χ3n) is 4.39. The molecule has 0 bridgehead atoms. The summed E-state index contributed by atoms with van der Waals surface area (Å²) in [5, 5.41) is 9.00. The molecule has 0 aliphatic carbocycles. The van der Waals surface area contributed by atoms with E-state index >= 15 is 0 Å². The van der Waals surface area contributed by atoms with E-state index in [1.807, 2.05) is 60.7 Å². The van der Waals surface area contributed by atoms with Crippen LogP contribution in [-0.2, 0) is 23.2 Å². The molecule has 0 saturated heterocycles. The van der Waals surface area contributed by atoms with Gasteiger partial charge in [0.25, 0.3) is 0 Å². The van der Waals surface area contributed by atoms with Crippen LogP contribution in [0.3, 0.4) is 0 Å². The first-order valence-corrected chi connectivity index (χ1v) is 8.97. The molecule has 3 nitrogen and oxygen atoms in total. The summed E-state index contributed by atoms with van der Waals surface area (Å²) >= 11 is 12.4. The van der Waals surface area contributed by atoms with Gasteiger partial charge in [-0.1, -0.05) is 83.9 Å². The Morgan fingerprint density at radius 2 is 1.42 bits per heavy atom. The largest absolute Gasteiger partial charge is 0.317 e. The van der Waals surface area contributed by atoms with Gasteiger partial charge in [0.1, 0.15) is 17.3 Å². The fraction of sp³-hybridized carbons (Fsp3) is 0.143. The Morgan fingerprint density at radius 1 is 0.923 bits per heavy atom. The van der Waals surface area contributed by atoms with Crippen molar-refractivity contribution in [2.75, 3.05) is 0 Å². The van der Waals surface area contributed by atoms with E-state index in [1.54, 1.807) is 10.8 Å². The second-order valence-corrected chi connectivity index (χ2v) is 7.11. The molecule has 0 spiro atoms. The predicted molar refractivity (Wildman–Crippen MR) is 105 cm³/mol. The molecule has 1 N–H and O–H groups in total. The van der Waals surface area contributed by atoms with Gasteiger partial charge in [-0.3, -0.25) is 5.41 Å². The van der Waals surface area contributed by atoms with Crippen molar-refractivity contribution >= 4 is 29.5 Å². The minimum atomic E-state index is -1.01. The van der Waals surface area contributed by atoms with E-state index in [1.165, 1.54) is 6.07 Å². The number of benzene rings is 2. The maximum Gasteiger partial charge on any atom is 0.146 e. The molecule has 0 fully saturated rings. The van der Waals surface area contributed by atoms with Crippen molar-refractivity contribution in [3.63, 3.8) is 0 Å². The van der Waals surface area contributed by atoms with Crippen LogP contribution >= 0.6 is 23.2 Å². The molecule has 0 saturated carbocycles. The van der Waals surface area contributed by atoms with E-state index in [0.29, 0.717) is 17.9 Å². The average molecular weight is 385 g/mol. The number of carbonyl (C=O) groups excluding carboxylic acids is 1. The second-order valence-electron chi connectivity index (χ2n) is 6.27. The normalized spacial score (nSPS) is 11.3. The van der Waals surface area contributed by atoms with Crippen molar-refractivity contribution in [3.8, 4) is 0 Å². The summed E-state index contributed by atoms with van der Waals surface area (Å²) in [6, 6.07) is 21.0. The minimum Gasteiger partial charge on any atom is -0.317 e. The van der Waals surface area contributed by atoms with E-state index in [-0.39, 0.29) is 10.5 Å². The van der Waals surface area contributed by atoms with E-state index in [4.69, 9.17) is 28.6 Å². The summed E-state index contributed by atoms with van der Waals surface area (Å²) in [6.07, 6.45) is 3.37. The van der Waals surface area contributed by atoms with Crippen molar-refractivity contribution in [2.45, 2.75) is 18.4 Å². The molecule has 26 heavy (non-hydrogen) atoms. The fourth-order valence-corrected chi connectivity index (χ4v) is 3.62. The monoisotopic (exact) mass is 384 g/mol. The zero-order valence-electron chi connectivity index (χ0n) is 14.0. The van der Waals surface area contributed by atoms with Gasteiger partial charge < -0.3 is 9.36 Å². The molecule has 0 atom stereocenters. The number of pyridine rings is 1. The summed E-state index contributed by atoms with van der Waals surface area (Å²) in [5.74, 6) is 0. The minimum absolute atomic E-state index is 0.0648. The third kappa shape index (κ3) is 3.90. The highest BCUT2D eigenvalue weighted by atomic mass is 35.5. The number of nitrogens with one attached hydrogen (secondary N) is 1.